The molecule has 0 aromatic carbocycles. The SMILES string of the molecule is CCn1nc(C)c(N)c1OC1CCC(C)(C)CC1. The van der Waals surface area contributed by atoms with Crippen LogP contribution in [0.1, 0.15) is 52.1 Å². The van der Waals surface area contributed by atoms with E-state index in [0.717, 1.165) is 31.0 Å². The molecule has 4 heteroatoms. The Labute approximate surface area is 110 Å². The highest BCUT2D eigenvalue weighted by molar-refractivity contribution is 5.52. The minimum Gasteiger partial charge on any atom is -0.473 e. The van der Waals surface area contributed by atoms with Crippen LogP contribution in [-0.4, -0.2) is 15.9 Å². The molecule has 0 amide bonds. The van der Waals surface area contributed by atoms with Gasteiger partial charge in [-0.1, -0.05) is 13.8 Å². The van der Waals surface area contributed by atoms with Gasteiger partial charge in [0.1, 0.15) is 11.8 Å². The first-order valence-electron chi connectivity index (χ1n) is 6.92. The second kappa shape index (κ2) is 4.82. The maximum Gasteiger partial charge on any atom is 0.236 e. The molecular weight excluding hydrogens is 226 g/mol. The number of nitrogen functional groups attached to an aromatic ring is 1. The second-order valence-electron chi connectivity index (χ2n) is 6.10. The topological polar surface area (TPSA) is 53.1 Å². The second-order valence-corrected chi connectivity index (χ2v) is 6.10. The normalized spacial score (nSPS) is 20.0. The summed E-state index contributed by atoms with van der Waals surface area (Å²) in [5.41, 5.74) is 8.07. The van der Waals surface area contributed by atoms with Crippen LogP contribution in [0.3, 0.4) is 0 Å². The molecule has 0 unspecified atom stereocenters. The lowest BCUT2D eigenvalue weighted by molar-refractivity contribution is 0.0909. The van der Waals surface area contributed by atoms with E-state index in [-0.39, 0.29) is 0 Å². The summed E-state index contributed by atoms with van der Waals surface area (Å²) in [5.74, 6) is 0.764. The molecule has 1 aromatic rings. The van der Waals surface area contributed by atoms with E-state index < -0.39 is 0 Å². The van der Waals surface area contributed by atoms with Gasteiger partial charge in [-0.05, 0) is 44.9 Å². The van der Waals surface area contributed by atoms with Gasteiger partial charge in [-0.15, -0.1) is 0 Å². The Bertz CT molecular complexity index is 413. The minimum atomic E-state index is 0.293. The molecular formula is C14H25N3O. The van der Waals surface area contributed by atoms with Crippen molar-refractivity contribution in [1.29, 1.82) is 0 Å². The van der Waals surface area contributed by atoms with Crippen LogP contribution in [0.25, 0.3) is 0 Å². The molecule has 1 aliphatic rings. The smallest absolute Gasteiger partial charge is 0.236 e. The largest absolute Gasteiger partial charge is 0.473 e. The first-order valence-corrected chi connectivity index (χ1v) is 6.92. The van der Waals surface area contributed by atoms with Crippen LogP contribution in [-0.2, 0) is 6.54 Å². The molecule has 2 N–H and O–H groups in total. The number of anilines is 1. The first kappa shape index (κ1) is 13.2. The lowest BCUT2D eigenvalue weighted by Gasteiger charge is -2.34. The molecule has 1 aromatic heterocycles. The number of hydrogen-bond acceptors (Lipinski definition) is 3. The Hall–Kier alpha value is -1.19. The predicted molar refractivity (Wildman–Crippen MR) is 73.7 cm³/mol. The highest BCUT2D eigenvalue weighted by Crippen LogP contribution is 2.37. The summed E-state index contributed by atoms with van der Waals surface area (Å²) in [6, 6.07) is 0. The molecule has 0 saturated heterocycles. The molecule has 4 nitrogen and oxygen atoms in total. The summed E-state index contributed by atoms with van der Waals surface area (Å²) in [6.45, 7) is 9.45. The maximum absolute atomic E-state index is 6.10. The number of rotatable bonds is 3. The molecule has 1 heterocycles. The summed E-state index contributed by atoms with van der Waals surface area (Å²) in [5, 5.41) is 4.39. The Morgan fingerprint density at radius 1 is 1.39 bits per heavy atom. The minimum absolute atomic E-state index is 0.293. The highest BCUT2D eigenvalue weighted by atomic mass is 16.5. The van der Waals surface area contributed by atoms with Gasteiger partial charge in [0.25, 0.3) is 0 Å². The standard InChI is InChI=1S/C14H25N3O/c1-5-17-13(12(15)10(2)16-17)18-11-6-8-14(3,4)9-7-11/h11H,5-9,15H2,1-4H3. The van der Waals surface area contributed by atoms with E-state index in [0.29, 0.717) is 17.2 Å². The number of ether oxygens (including phenoxy) is 1. The van der Waals surface area contributed by atoms with E-state index >= 15 is 0 Å². The highest BCUT2D eigenvalue weighted by Gasteiger charge is 2.29. The van der Waals surface area contributed by atoms with Crippen molar-refractivity contribution in [2.45, 2.75) is 66.0 Å². The zero-order chi connectivity index (χ0) is 13.3. The molecule has 1 fully saturated rings. The molecule has 1 aliphatic carbocycles. The third kappa shape index (κ3) is 2.62. The molecule has 18 heavy (non-hydrogen) atoms. The zero-order valence-electron chi connectivity index (χ0n) is 12.0. The molecule has 102 valence electrons. The molecule has 0 bridgehead atoms. The van der Waals surface area contributed by atoms with Gasteiger partial charge < -0.3 is 10.5 Å². The van der Waals surface area contributed by atoms with Crippen molar-refractivity contribution in [3.8, 4) is 5.88 Å². The number of aryl methyl sites for hydroxylation is 2. The van der Waals surface area contributed by atoms with E-state index in [2.05, 4.69) is 25.9 Å². The predicted octanol–water partition coefficient (Wildman–Crippen LogP) is 3.14. The van der Waals surface area contributed by atoms with Crippen molar-refractivity contribution in [3.63, 3.8) is 0 Å². The van der Waals surface area contributed by atoms with Gasteiger partial charge in [0.2, 0.25) is 5.88 Å². The van der Waals surface area contributed by atoms with Gasteiger partial charge in [0.05, 0.1) is 5.69 Å². The summed E-state index contributed by atoms with van der Waals surface area (Å²) in [7, 11) is 0. The monoisotopic (exact) mass is 251 g/mol. The Balaban J connectivity index is 2.06. The van der Waals surface area contributed by atoms with Crippen molar-refractivity contribution < 1.29 is 4.74 Å². The van der Waals surface area contributed by atoms with Crippen molar-refractivity contribution >= 4 is 5.69 Å². The van der Waals surface area contributed by atoms with E-state index in [9.17, 15) is 0 Å². The lowest BCUT2D eigenvalue weighted by atomic mass is 9.76. The number of nitrogens with zero attached hydrogens (tertiary/aromatic N) is 2. The average Bonchev–Trinajstić information content (AvgIpc) is 2.59. The fourth-order valence-electron chi connectivity index (χ4n) is 2.56. The number of hydrogen-bond donors (Lipinski definition) is 1. The number of aromatic nitrogens is 2. The molecule has 0 atom stereocenters. The van der Waals surface area contributed by atoms with Crippen molar-refractivity contribution in [2.24, 2.45) is 5.41 Å². The van der Waals surface area contributed by atoms with Gasteiger partial charge in [-0.2, -0.15) is 5.10 Å². The summed E-state index contributed by atoms with van der Waals surface area (Å²) in [6.07, 6.45) is 4.95. The molecule has 2 rings (SSSR count). The third-order valence-corrected chi connectivity index (χ3v) is 3.99. The van der Waals surface area contributed by atoms with Gasteiger partial charge in [0, 0.05) is 6.54 Å². The van der Waals surface area contributed by atoms with Crippen LogP contribution >= 0.6 is 0 Å². The maximum atomic E-state index is 6.10. The first-order chi connectivity index (χ1) is 8.43. The van der Waals surface area contributed by atoms with Gasteiger partial charge in [-0.3, -0.25) is 0 Å². The summed E-state index contributed by atoms with van der Waals surface area (Å²) < 4.78 is 7.96. The van der Waals surface area contributed by atoms with E-state index in [1.54, 1.807) is 0 Å². The summed E-state index contributed by atoms with van der Waals surface area (Å²) in [4.78, 5) is 0. The average molecular weight is 251 g/mol. The van der Waals surface area contributed by atoms with Gasteiger partial charge >= 0.3 is 0 Å². The molecule has 0 spiro atoms. The molecule has 0 aliphatic heterocycles. The Morgan fingerprint density at radius 3 is 2.56 bits per heavy atom. The summed E-state index contributed by atoms with van der Waals surface area (Å²) >= 11 is 0. The number of nitrogens with two attached hydrogens (primary N) is 1. The van der Waals surface area contributed by atoms with Gasteiger partial charge in [0.15, 0.2) is 0 Å². The van der Waals surface area contributed by atoms with Crippen molar-refractivity contribution in [2.75, 3.05) is 5.73 Å². The Morgan fingerprint density at radius 2 is 2.00 bits per heavy atom. The van der Waals surface area contributed by atoms with Crippen LogP contribution in [0.15, 0.2) is 0 Å². The van der Waals surface area contributed by atoms with E-state index in [1.807, 2.05) is 11.6 Å². The third-order valence-electron chi connectivity index (χ3n) is 3.99. The quantitative estimate of drug-likeness (QED) is 0.898. The van der Waals surface area contributed by atoms with Crippen LogP contribution in [0, 0.1) is 12.3 Å². The van der Waals surface area contributed by atoms with E-state index in [4.69, 9.17) is 10.5 Å². The Kier molecular flexibility index (Phi) is 3.55. The fourth-order valence-corrected chi connectivity index (χ4v) is 2.56. The van der Waals surface area contributed by atoms with Crippen LogP contribution in [0.2, 0.25) is 0 Å². The van der Waals surface area contributed by atoms with Crippen LogP contribution in [0.5, 0.6) is 5.88 Å². The fraction of sp³-hybridized carbons (Fsp3) is 0.786. The molecule has 1 saturated carbocycles. The lowest BCUT2D eigenvalue weighted by Crippen LogP contribution is -2.29. The zero-order valence-corrected chi connectivity index (χ0v) is 12.0. The molecule has 0 radical (unpaired) electrons. The van der Waals surface area contributed by atoms with Crippen molar-refractivity contribution in [3.05, 3.63) is 5.69 Å². The van der Waals surface area contributed by atoms with Gasteiger partial charge in [-0.25, -0.2) is 4.68 Å². The van der Waals surface area contributed by atoms with E-state index in [1.165, 1.54) is 12.8 Å². The van der Waals surface area contributed by atoms with Crippen molar-refractivity contribution in [1.82, 2.24) is 9.78 Å². The van der Waals surface area contributed by atoms with Crippen LogP contribution in [0.4, 0.5) is 5.69 Å². The van der Waals surface area contributed by atoms with Crippen LogP contribution < -0.4 is 10.5 Å².